The number of nitrogens with one attached hydrogen (secondary N) is 1. The van der Waals surface area contributed by atoms with Gasteiger partial charge < -0.3 is 14.3 Å². The van der Waals surface area contributed by atoms with Crippen LogP contribution in [0.5, 0.6) is 0 Å². The smallest absolute Gasteiger partial charge is 0.247 e. The highest BCUT2D eigenvalue weighted by atomic mass is 35.5. The summed E-state index contributed by atoms with van der Waals surface area (Å²) in [4.78, 5) is 20.2. The Kier molecular flexibility index (Phi) is 8.16. The van der Waals surface area contributed by atoms with Gasteiger partial charge in [-0.15, -0.1) is 0 Å². The molecule has 0 radical (unpaired) electrons. The van der Waals surface area contributed by atoms with Crippen LogP contribution >= 0.6 is 35.0 Å². The monoisotopic (exact) mass is 513 g/mol. The quantitative estimate of drug-likeness (QED) is 0.264. The van der Waals surface area contributed by atoms with Gasteiger partial charge in [0.2, 0.25) is 5.56 Å². The van der Waals surface area contributed by atoms with E-state index in [9.17, 15) is 4.79 Å². The standard InChI is InChI=1S/C26H25Cl2N3O2S/c1-17(2)25-26(34-22-11-20(27)10-21(28)12-22)31(14-19-8-9-24(32)29-13-19)23(30-25)16-33-15-18-6-4-3-5-7-18/h3-13,17H,14-16H2,1-2H3,(H,29,32). The highest BCUT2D eigenvalue weighted by Gasteiger charge is 2.21. The minimum atomic E-state index is -0.133. The predicted octanol–water partition coefficient (Wildman–Crippen LogP) is 6.92. The van der Waals surface area contributed by atoms with Crippen LogP contribution in [0.25, 0.3) is 0 Å². The zero-order valence-corrected chi connectivity index (χ0v) is 21.3. The average molecular weight is 514 g/mol. The van der Waals surface area contributed by atoms with E-state index >= 15 is 0 Å². The van der Waals surface area contributed by atoms with Crippen LogP contribution in [-0.2, 0) is 24.5 Å². The SMILES string of the molecule is CC(C)c1nc(COCc2ccccc2)n(Cc2ccc(=O)[nH]c2)c1Sc1cc(Cl)cc(Cl)c1. The zero-order chi connectivity index (χ0) is 24.1. The Morgan fingerprint density at radius 1 is 1.00 bits per heavy atom. The van der Waals surface area contributed by atoms with Gasteiger partial charge in [0.25, 0.3) is 0 Å². The van der Waals surface area contributed by atoms with E-state index in [1.54, 1.807) is 24.0 Å². The number of imidazole rings is 1. The van der Waals surface area contributed by atoms with E-state index in [4.69, 9.17) is 32.9 Å². The van der Waals surface area contributed by atoms with E-state index in [0.717, 1.165) is 32.6 Å². The van der Waals surface area contributed by atoms with Gasteiger partial charge in [-0.2, -0.15) is 0 Å². The second-order valence-electron chi connectivity index (χ2n) is 8.21. The van der Waals surface area contributed by atoms with Crippen LogP contribution in [-0.4, -0.2) is 14.5 Å². The van der Waals surface area contributed by atoms with Crippen molar-refractivity contribution >= 4 is 35.0 Å². The van der Waals surface area contributed by atoms with Crippen molar-refractivity contribution in [1.29, 1.82) is 0 Å². The number of aromatic nitrogens is 3. The maximum absolute atomic E-state index is 11.6. The van der Waals surface area contributed by atoms with Crippen molar-refractivity contribution in [2.45, 2.75) is 49.4 Å². The summed E-state index contributed by atoms with van der Waals surface area (Å²) in [5, 5.41) is 2.16. The van der Waals surface area contributed by atoms with Gasteiger partial charge in [-0.25, -0.2) is 4.98 Å². The fraction of sp³-hybridized carbons (Fsp3) is 0.231. The van der Waals surface area contributed by atoms with E-state index in [0.29, 0.717) is 29.8 Å². The second-order valence-corrected chi connectivity index (χ2v) is 10.1. The molecule has 5 nitrogen and oxygen atoms in total. The summed E-state index contributed by atoms with van der Waals surface area (Å²) < 4.78 is 8.19. The Labute approximate surface area is 213 Å². The van der Waals surface area contributed by atoms with Gasteiger partial charge in [0.15, 0.2) is 0 Å². The first kappa shape index (κ1) is 24.6. The number of hydrogen-bond donors (Lipinski definition) is 1. The first-order chi connectivity index (χ1) is 16.4. The molecule has 0 saturated carbocycles. The molecule has 0 saturated heterocycles. The molecule has 34 heavy (non-hydrogen) atoms. The molecule has 0 aliphatic heterocycles. The Hall–Kier alpha value is -2.51. The van der Waals surface area contributed by atoms with Crippen LogP contribution in [0, 0.1) is 0 Å². The van der Waals surface area contributed by atoms with Crippen LogP contribution in [0.4, 0.5) is 0 Å². The van der Waals surface area contributed by atoms with Crippen molar-refractivity contribution in [1.82, 2.24) is 14.5 Å². The van der Waals surface area contributed by atoms with Gasteiger partial charge in [0, 0.05) is 27.2 Å². The van der Waals surface area contributed by atoms with Crippen LogP contribution in [0.1, 0.15) is 42.4 Å². The van der Waals surface area contributed by atoms with Crippen molar-refractivity contribution in [2.75, 3.05) is 0 Å². The lowest BCUT2D eigenvalue weighted by Crippen LogP contribution is -2.10. The van der Waals surface area contributed by atoms with Gasteiger partial charge in [0.1, 0.15) is 17.5 Å². The zero-order valence-electron chi connectivity index (χ0n) is 18.9. The van der Waals surface area contributed by atoms with Gasteiger partial charge >= 0.3 is 0 Å². The lowest BCUT2D eigenvalue weighted by Gasteiger charge is -2.14. The summed E-state index contributed by atoms with van der Waals surface area (Å²) in [6.45, 7) is 5.63. The molecule has 4 aromatic rings. The molecule has 0 spiro atoms. The number of pyridine rings is 1. The third-order valence-electron chi connectivity index (χ3n) is 5.15. The number of rotatable bonds is 9. The molecule has 0 fully saturated rings. The molecule has 4 rings (SSSR count). The minimum absolute atomic E-state index is 0.133. The van der Waals surface area contributed by atoms with E-state index in [1.165, 1.54) is 6.07 Å². The molecule has 176 valence electrons. The number of aromatic amines is 1. The highest BCUT2D eigenvalue weighted by molar-refractivity contribution is 7.99. The van der Waals surface area contributed by atoms with Crippen molar-refractivity contribution in [3.63, 3.8) is 0 Å². The third kappa shape index (κ3) is 6.33. The van der Waals surface area contributed by atoms with Gasteiger partial charge in [-0.05, 0) is 35.2 Å². The number of halogens is 2. The second kappa shape index (κ2) is 11.3. The lowest BCUT2D eigenvalue weighted by atomic mass is 10.1. The Bertz CT molecular complexity index is 1280. The molecule has 0 aliphatic carbocycles. The first-order valence-electron chi connectivity index (χ1n) is 10.9. The molecule has 2 aromatic carbocycles. The maximum atomic E-state index is 11.6. The summed E-state index contributed by atoms with van der Waals surface area (Å²) in [6, 6.07) is 18.9. The number of benzene rings is 2. The largest absolute Gasteiger partial charge is 0.369 e. The van der Waals surface area contributed by atoms with Gasteiger partial charge in [0.05, 0.1) is 18.8 Å². The molecule has 0 unspecified atom stereocenters. The summed E-state index contributed by atoms with van der Waals surface area (Å²) in [5.74, 6) is 1.02. The topological polar surface area (TPSA) is 59.9 Å². The summed E-state index contributed by atoms with van der Waals surface area (Å²) in [6.07, 6.45) is 1.73. The number of nitrogens with zero attached hydrogens (tertiary/aromatic N) is 2. The first-order valence-corrected chi connectivity index (χ1v) is 12.5. The van der Waals surface area contributed by atoms with E-state index in [2.05, 4.69) is 23.4 Å². The molecule has 0 atom stereocenters. The van der Waals surface area contributed by atoms with Crippen molar-refractivity contribution in [2.24, 2.45) is 0 Å². The van der Waals surface area contributed by atoms with Gasteiger partial charge in [-0.1, -0.05) is 85.2 Å². The molecular weight excluding hydrogens is 489 g/mol. The molecule has 0 amide bonds. The Morgan fingerprint density at radius 3 is 2.38 bits per heavy atom. The summed E-state index contributed by atoms with van der Waals surface area (Å²) in [5.41, 5.74) is 2.91. The molecule has 0 bridgehead atoms. The highest BCUT2D eigenvalue weighted by Crippen LogP contribution is 2.37. The number of H-pyrrole nitrogens is 1. The summed E-state index contributed by atoms with van der Waals surface area (Å²) in [7, 11) is 0. The molecule has 1 N–H and O–H groups in total. The van der Waals surface area contributed by atoms with Crippen molar-refractivity contribution < 1.29 is 4.74 Å². The van der Waals surface area contributed by atoms with Crippen LogP contribution in [0.15, 0.2) is 81.6 Å². The van der Waals surface area contributed by atoms with Crippen molar-refractivity contribution in [3.8, 4) is 0 Å². The molecule has 2 aromatic heterocycles. The van der Waals surface area contributed by atoms with E-state index in [-0.39, 0.29) is 11.5 Å². The lowest BCUT2D eigenvalue weighted by molar-refractivity contribution is 0.0991. The summed E-state index contributed by atoms with van der Waals surface area (Å²) >= 11 is 14.1. The third-order valence-corrected chi connectivity index (χ3v) is 6.69. The molecule has 0 aliphatic rings. The molecule has 2 heterocycles. The Balaban J connectivity index is 1.70. The van der Waals surface area contributed by atoms with E-state index < -0.39 is 0 Å². The fourth-order valence-corrected chi connectivity index (χ4v) is 5.43. The van der Waals surface area contributed by atoms with Crippen LogP contribution in [0.2, 0.25) is 10.0 Å². The van der Waals surface area contributed by atoms with Crippen molar-refractivity contribution in [3.05, 3.63) is 110 Å². The minimum Gasteiger partial charge on any atom is -0.369 e. The predicted molar refractivity (Wildman–Crippen MR) is 138 cm³/mol. The number of hydrogen-bond acceptors (Lipinski definition) is 4. The average Bonchev–Trinajstić information content (AvgIpc) is 3.12. The molecule has 8 heteroatoms. The Morgan fingerprint density at radius 2 is 1.74 bits per heavy atom. The molecular formula is C26H25Cl2N3O2S. The van der Waals surface area contributed by atoms with Gasteiger partial charge in [-0.3, -0.25) is 4.79 Å². The normalized spacial score (nSPS) is 11.3. The number of ether oxygens (including phenoxy) is 1. The van der Waals surface area contributed by atoms with Crippen LogP contribution < -0.4 is 5.56 Å². The van der Waals surface area contributed by atoms with E-state index in [1.807, 2.05) is 48.5 Å². The maximum Gasteiger partial charge on any atom is 0.247 e. The fourth-order valence-electron chi connectivity index (χ4n) is 3.52. The van der Waals surface area contributed by atoms with Crippen LogP contribution in [0.3, 0.4) is 0 Å².